The topological polar surface area (TPSA) is 101 Å². The summed E-state index contributed by atoms with van der Waals surface area (Å²) >= 11 is 0. The molecule has 0 bridgehead atoms. The van der Waals surface area contributed by atoms with Crippen molar-refractivity contribution >= 4 is 17.5 Å². The van der Waals surface area contributed by atoms with Gasteiger partial charge in [0.1, 0.15) is 18.0 Å². The van der Waals surface area contributed by atoms with E-state index in [0.29, 0.717) is 5.52 Å². The lowest BCUT2D eigenvalue weighted by Gasteiger charge is -1.99. The number of nitrogens with zero attached hydrogens (tertiary/aromatic N) is 2. The number of imidazole rings is 1. The molecule has 0 spiro atoms. The van der Waals surface area contributed by atoms with Gasteiger partial charge in [-0.25, -0.2) is 9.78 Å². The van der Waals surface area contributed by atoms with Crippen molar-refractivity contribution in [2.75, 3.05) is 7.11 Å². The Balaban J connectivity index is 2.66. The van der Waals surface area contributed by atoms with Gasteiger partial charge >= 0.3 is 11.9 Å². The van der Waals surface area contributed by atoms with Crippen LogP contribution in [0, 0.1) is 0 Å². The fourth-order valence-corrected chi connectivity index (χ4v) is 1.64. The van der Waals surface area contributed by atoms with Crippen LogP contribution >= 0.6 is 0 Å². The van der Waals surface area contributed by atoms with E-state index in [1.807, 2.05) is 0 Å². The standard InChI is InChI=1S/C11H10N2O5/c1-18-11(17)10-7-4-6(14)2-3-13(7)8(12-10)5-9(15)16/h2-4,14H,5H2,1H3,(H,15,16). The molecule has 0 aliphatic carbocycles. The molecule has 2 N–H and O–H groups in total. The second-order valence-electron chi connectivity index (χ2n) is 3.58. The molecule has 0 fully saturated rings. The normalized spacial score (nSPS) is 10.5. The molecule has 2 heterocycles. The molecule has 0 atom stereocenters. The Morgan fingerprint density at radius 3 is 2.83 bits per heavy atom. The van der Waals surface area contributed by atoms with Crippen molar-refractivity contribution in [3.8, 4) is 5.75 Å². The molecule has 7 nitrogen and oxygen atoms in total. The number of carboxylic acid groups (broad SMARTS) is 1. The quantitative estimate of drug-likeness (QED) is 0.767. The number of esters is 1. The van der Waals surface area contributed by atoms with Crippen LogP contribution in [-0.2, 0) is 16.0 Å². The average Bonchev–Trinajstić information content (AvgIpc) is 2.65. The van der Waals surface area contributed by atoms with Gasteiger partial charge in [-0.3, -0.25) is 4.79 Å². The largest absolute Gasteiger partial charge is 0.508 e. The maximum absolute atomic E-state index is 11.5. The van der Waals surface area contributed by atoms with Gasteiger partial charge < -0.3 is 19.4 Å². The molecular formula is C11H10N2O5. The minimum Gasteiger partial charge on any atom is -0.508 e. The molecule has 94 valence electrons. The van der Waals surface area contributed by atoms with Gasteiger partial charge in [-0.1, -0.05) is 0 Å². The summed E-state index contributed by atoms with van der Waals surface area (Å²) in [7, 11) is 1.20. The monoisotopic (exact) mass is 250 g/mol. The van der Waals surface area contributed by atoms with Crippen LogP contribution in [-0.4, -0.2) is 38.6 Å². The number of ether oxygens (including phenoxy) is 1. The average molecular weight is 250 g/mol. The van der Waals surface area contributed by atoms with Gasteiger partial charge in [-0.05, 0) is 6.07 Å². The fourth-order valence-electron chi connectivity index (χ4n) is 1.64. The first-order valence-corrected chi connectivity index (χ1v) is 5.03. The summed E-state index contributed by atoms with van der Waals surface area (Å²) in [5, 5.41) is 18.2. The summed E-state index contributed by atoms with van der Waals surface area (Å²) in [5.74, 6) is -1.60. The summed E-state index contributed by atoms with van der Waals surface area (Å²) in [6.07, 6.45) is 1.12. The van der Waals surface area contributed by atoms with Crippen LogP contribution in [0.1, 0.15) is 16.3 Å². The number of pyridine rings is 1. The van der Waals surface area contributed by atoms with E-state index >= 15 is 0 Å². The number of carboxylic acids is 1. The third-order valence-electron chi connectivity index (χ3n) is 2.39. The third-order valence-corrected chi connectivity index (χ3v) is 2.39. The van der Waals surface area contributed by atoms with E-state index in [0.717, 1.165) is 0 Å². The molecule has 0 radical (unpaired) electrons. The van der Waals surface area contributed by atoms with Crippen LogP contribution in [0.25, 0.3) is 5.52 Å². The van der Waals surface area contributed by atoms with Crippen molar-refractivity contribution < 1.29 is 24.5 Å². The lowest BCUT2D eigenvalue weighted by Crippen LogP contribution is -2.05. The van der Waals surface area contributed by atoms with Gasteiger partial charge in [0.15, 0.2) is 5.69 Å². The lowest BCUT2D eigenvalue weighted by molar-refractivity contribution is -0.136. The van der Waals surface area contributed by atoms with Crippen molar-refractivity contribution in [2.45, 2.75) is 6.42 Å². The van der Waals surface area contributed by atoms with Crippen LogP contribution in [0.5, 0.6) is 5.75 Å². The molecule has 2 aromatic rings. The zero-order valence-electron chi connectivity index (χ0n) is 9.45. The highest BCUT2D eigenvalue weighted by molar-refractivity contribution is 5.95. The minimum absolute atomic E-state index is 0.0235. The zero-order valence-corrected chi connectivity index (χ0v) is 9.45. The third kappa shape index (κ3) is 1.97. The van der Waals surface area contributed by atoms with Crippen LogP contribution in [0.3, 0.4) is 0 Å². The van der Waals surface area contributed by atoms with E-state index in [1.165, 1.54) is 29.8 Å². The van der Waals surface area contributed by atoms with Crippen LogP contribution in [0.2, 0.25) is 0 Å². The molecule has 0 saturated heterocycles. The maximum atomic E-state index is 11.5. The SMILES string of the molecule is COC(=O)c1nc(CC(=O)O)n2ccc(O)cc12. The number of aromatic hydroxyl groups is 1. The maximum Gasteiger partial charge on any atom is 0.358 e. The van der Waals surface area contributed by atoms with Crippen molar-refractivity contribution in [1.29, 1.82) is 0 Å². The number of fused-ring (bicyclic) bond motifs is 1. The Morgan fingerprint density at radius 1 is 1.50 bits per heavy atom. The first-order valence-electron chi connectivity index (χ1n) is 5.03. The molecule has 18 heavy (non-hydrogen) atoms. The molecular weight excluding hydrogens is 240 g/mol. The first kappa shape index (κ1) is 11.9. The molecule has 0 aromatic carbocycles. The summed E-state index contributed by atoms with van der Waals surface area (Å²) in [6, 6.07) is 2.70. The summed E-state index contributed by atoms with van der Waals surface area (Å²) in [6.45, 7) is 0. The second-order valence-corrected chi connectivity index (χ2v) is 3.58. The molecule has 7 heteroatoms. The summed E-state index contributed by atoms with van der Waals surface area (Å²) in [5.41, 5.74) is 0.280. The molecule has 0 saturated carbocycles. The molecule has 0 amide bonds. The molecule has 0 unspecified atom stereocenters. The van der Waals surface area contributed by atoms with Crippen molar-refractivity contribution in [2.24, 2.45) is 0 Å². The van der Waals surface area contributed by atoms with E-state index in [4.69, 9.17) is 5.11 Å². The van der Waals surface area contributed by atoms with E-state index in [-0.39, 0.29) is 23.7 Å². The van der Waals surface area contributed by atoms with Crippen LogP contribution in [0.4, 0.5) is 0 Å². The predicted octanol–water partition coefficient (Wildman–Crippen LogP) is 0.454. The van der Waals surface area contributed by atoms with Crippen LogP contribution in [0.15, 0.2) is 18.3 Å². The molecule has 2 aromatic heterocycles. The second kappa shape index (κ2) is 4.36. The Hall–Kier alpha value is -2.57. The van der Waals surface area contributed by atoms with Gasteiger partial charge in [0.05, 0.1) is 12.6 Å². The number of rotatable bonds is 3. The molecule has 0 aliphatic rings. The van der Waals surface area contributed by atoms with E-state index in [2.05, 4.69) is 9.72 Å². The molecule has 0 aliphatic heterocycles. The van der Waals surface area contributed by atoms with Gasteiger partial charge in [0.25, 0.3) is 0 Å². The first-order chi connectivity index (χ1) is 8.52. The molecule has 2 rings (SSSR count). The van der Waals surface area contributed by atoms with Crippen molar-refractivity contribution in [1.82, 2.24) is 9.38 Å². The highest BCUT2D eigenvalue weighted by atomic mass is 16.5. The highest BCUT2D eigenvalue weighted by Gasteiger charge is 2.19. The van der Waals surface area contributed by atoms with Gasteiger partial charge in [-0.2, -0.15) is 0 Å². The summed E-state index contributed by atoms with van der Waals surface area (Å²) < 4.78 is 5.99. The van der Waals surface area contributed by atoms with E-state index in [1.54, 1.807) is 0 Å². The Morgan fingerprint density at radius 2 is 2.22 bits per heavy atom. The van der Waals surface area contributed by atoms with Gasteiger partial charge in [-0.15, -0.1) is 0 Å². The minimum atomic E-state index is -1.06. The Kier molecular flexibility index (Phi) is 2.88. The Labute approximate surface area is 101 Å². The Bertz CT molecular complexity index is 632. The predicted molar refractivity (Wildman–Crippen MR) is 59.5 cm³/mol. The number of carbonyl (C=O) groups is 2. The smallest absolute Gasteiger partial charge is 0.358 e. The zero-order chi connectivity index (χ0) is 13.3. The van der Waals surface area contributed by atoms with E-state index < -0.39 is 11.9 Å². The van der Waals surface area contributed by atoms with Crippen molar-refractivity contribution in [3.63, 3.8) is 0 Å². The van der Waals surface area contributed by atoms with Gasteiger partial charge in [0.2, 0.25) is 0 Å². The number of hydrogen-bond acceptors (Lipinski definition) is 5. The highest BCUT2D eigenvalue weighted by Crippen LogP contribution is 2.19. The summed E-state index contributed by atoms with van der Waals surface area (Å²) in [4.78, 5) is 26.2. The van der Waals surface area contributed by atoms with Crippen LogP contribution < -0.4 is 0 Å². The van der Waals surface area contributed by atoms with Crippen molar-refractivity contribution in [3.05, 3.63) is 29.8 Å². The van der Waals surface area contributed by atoms with Gasteiger partial charge in [0, 0.05) is 12.3 Å². The number of hydrogen-bond donors (Lipinski definition) is 2. The number of methoxy groups -OCH3 is 1. The fraction of sp³-hybridized carbons (Fsp3) is 0.182. The lowest BCUT2D eigenvalue weighted by atomic mass is 10.3. The van der Waals surface area contributed by atoms with E-state index in [9.17, 15) is 14.7 Å². The number of aliphatic carboxylic acids is 1. The number of carbonyl (C=O) groups excluding carboxylic acids is 1. The number of aromatic nitrogens is 2.